The van der Waals surface area contributed by atoms with E-state index in [1.165, 1.54) is 17.5 Å². The van der Waals surface area contributed by atoms with Gasteiger partial charge in [-0.1, -0.05) is 36.6 Å². The van der Waals surface area contributed by atoms with Gasteiger partial charge in [-0.2, -0.15) is 0 Å². The Balaban J connectivity index is 2.98. The van der Waals surface area contributed by atoms with Crippen molar-refractivity contribution < 1.29 is 0 Å². The number of nitrogens with two attached hydrogens (primary N) is 1. The summed E-state index contributed by atoms with van der Waals surface area (Å²) >= 11 is 0. The van der Waals surface area contributed by atoms with Gasteiger partial charge in [0, 0.05) is 17.7 Å². The van der Waals surface area contributed by atoms with Gasteiger partial charge in [0.15, 0.2) is 0 Å². The highest BCUT2D eigenvalue weighted by molar-refractivity contribution is 5.91. The number of rotatable bonds is 5. The number of hydrogen-bond acceptors (Lipinski definition) is 2. The van der Waals surface area contributed by atoms with Crippen LogP contribution in [0.4, 0.5) is 0 Å². The number of allylic oxidation sites excluding steroid dienone is 7. The molecule has 0 amide bonds. The number of nitrogens with zero attached hydrogens (tertiary/aromatic N) is 2. The molecular weight excluding hydrogens is 270 g/mol. The number of terminal acetylenes is 1. The van der Waals surface area contributed by atoms with E-state index in [0.717, 1.165) is 42.8 Å². The van der Waals surface area contributed by atoms with Crippen LogP contribution in [0.3, 0.4) is 0 Å². The Morgan fingerprint density at radius 3 is 2.91 bits per heavy atom. The predicted octanol–water partition coefficient (Wildman–Crippen LogP) is 4.30. The Morgan fingerprint density at radius 1 is 1.55 bits per heavy atom. The van der Waals surface area contributed by atoms with E-state index in [0.29, 0.717) is 0 Å². The van der Waals surface area contributed by atoms with Crippen LogP contribution in [0.2, 0.25) is 0 Å². The molecule has 0 saturated carbocycles. The first-order chi connectivity index (χ1) is 10.6. The van der Waals surface area contributed by atoms with Gasteiger partial charge < -0.3 is 5.73 Å². The van der Waals surface area contributed by atoms with E-state index < -0.39 is 0 Å². The van der Waals surface area contributed by atoms with Crippen molar-refractivity contribution >= 4 is 12.2 Å². The van der Waals surface area contributed by atoms with E-state index in [4.69, 9.17) is 12.2 Å². The summed E-state index contributed by atoms with van der Waals surface area (Å²) in [6, 6.07) is 0. The molecule has 3 heteroatoms. The largest absolute Gasteiger partial charge is 0.390 e. The first-order valence-corrected chi connectivity index (χ1v) is 7.64. The Kier molecular flexibility index (Phi) is 7.70. The lowest BCUT2D eigenvalue weighted by Crippen LogP contribution is -2.00. The minimum atomic E-state index is 0.743. The van der Waals surface area contributed by atoms with Gasteiger partial charge in [0.25, 0.3) is 0 Å². The topological polar surface area (TPSA) is 50.7 Å². The van der Waals surface area contributed by atoms with E-state index >= 15 is 0 Å². The smallest absolute Gasteiger partial charge is 0.134 e. The van der Waals surface area contributed by atoms with E-state index in [1.54, 1.807) is 0 Å². The monoisotopic (exact) mass is 295 g/mol. The first-order valence-electron chi connectivity index (χ1n) is 7.64. The number of aliphatic imine (C=N–C) groups is 2. The Hall–Kier alpha value is -2.34. The highest BCUT2D eigenvalue weighted by Crippen LogP contribution is 2.24. The second kappa shape index (κ2) is 9.57. The van der Waals surface area contributed by atoms with Gasteiger partial charge in [0.2, 0.25) is 0 Å². The lowest BCUT2D eigenvalue weighted by Gasteiger charge is -2.04. The predicted molar refractivity (Wildman–Crippen MR) is 96.8 cm³/mol. The Bertz CT molecular complexity index is 605. The molecule has 2 N–H and O–H groups in total. The van der Waals surface area contributed by atoms with Crippen molar-refractivity contribution in [2.45, 2.75) is 46.5 Å². The summed E-state index contributed by atoms with van der Waals surface area (Å²) in [4.78, 5) is 8.82. The van der Waals surface area contributed by atoms with Crippen molar-refractivity contribution in [1.82, 2.24) is 0 Å². The van der Waals surface area contributed by atoms with Crippen LogP contribution in [0.25, 0.3) is 0 Å². The first kappa shape index (κ1) is 17.7. The molecule has 0 saturated heterocycles. The van der Waals surface area contributed by atoms with E-state index in [-0.39, 0.29) is 0 Å². The molecule has 0 aliphatic carbocycles. The summed E-state index contributed by atoms with van der Waals surface area (Å²) < 4.78 is 0. The van der Waals surface area contributed by atoms with E-state index in [9.17, 15) is 0 Å². The third-order valence-corrected chi connectivity index (χ3v) is 3.52. The molecule has 0 aromatic rings. The Labute approximate surface area is 134 Å². The molecule has 1 rings (SSSR count). The highest BCUT2D eigenvalue weighted by atomic mass is 14.9. The summed E-state index contributed by atoms with van der Waals surface area (Å²) in [6.45, 7) is 6.25. The van der Waals surface area contributed by atoms with Gasteiger partial charge in [0.1, 0.15) is 5.84 Å². The third-order valence-electron chi connectivity index (χ3n) is 3.52. The summed E-state index contributed by atoms with van der Waals surface area (Å²) in [7, 11) is 0. The molecule has 0 spiro atoms. The van der Waals surface area contributed by atoms with Crippen LogP contribution in [0, 0.1) is 12.3 Å². The molecule has 0 fully saturated rings. The van der Waals surface area contributed by atoms with Crippen molar-refractivity contribution in [1.29, 1.82) is 0 Å². The molecule has 116 valence electrons. The second-order valence-electron chi connectivity index (χ2n) is 5.14. The van der Waals surface area contributed by atoms with Gasteiger partial charge >= 0.3 is 0 Å². The molecule has 3 nitrogen and oxygen atoms in total. The molecule has 0 bridgehead atoms. The lowest BCUT2D eigenvalue weighted by atomic mass is 10.0. The van der Waals surface area contributed by atoms with Gasteiger partial charge in [-0.3, -0.25) is 0 Å². The van der Waals surface area contributed by atoms with Gasteiger partial charge in [-0.25, -0.2) is 9.98 Å². The fourth-order valence-corrected chi connectivity index (χ4v) is 2.28. The van der Waals surface area contributed by atoms with Crippen molar-refractivity contribution in [2.24, 2.45) is 15.7 Å². The van der Waals surface area contributed by atoms with Crippen molar-refractivity contribution in [2.75, 3.05) is 0 Å². The standard InChI is InChI=1S/C19H25N3/c1-5-8-9-16(6-2)10-11-18-13-17(7-3)15(4)12-19(22-18)21-14-20/h2,5,8-9,13-14H,7,10-12H2,1,3-4H3,(H2,20,21,22)/b8-5-,16-9+. The fourth-order valence-electron chi connectivity index (χ4n) is 2.28. The molecule has 1 aliphatic heterocycles. The minimum absolute atomic E-state index is 0.743. The molecule has 1 aliphatic rings. The van der Waals surface area contributed by atoms with Gasteiger partial charge in [0.05, 0.1) is 6.34 Å². The molecule has 0 atom stereocenters. The van der Waals surface area contributed by atoms with E-state index in [2.05, 4.69) is 35.8 Å². The minimum Gasteiger partial charge on any atom is -0.390 e. The van der Waals surface area contributed by atoms with Gasteiger partial charge in [-0.05, 0) is 44.8 Å². The fraction of sp³-hybridized carbons (Fsp3) is 0.368. The zero-order chi connectivity index (χ0) is 16.4. The van der Waals surface area contributed by atoms with Crippen LogP contribution >= 0.6 is 0 Å². The average Bonchev–Trinajstić information content (AvgIpc) is 2.66. The summed E-state index contributed by atoms with van der Waals surface area (Å²) in [5.74, 6) is 3.49. The molecule has 0 aromatic heterocycles. The molecule has 0 unspecified atom stereocenters. The van der Waals surface area contributed by atoms with Crippen LogP contribution in [0.1, 0.15) is 46.5 Å². The average molecular weight is 295 g/mol. The van der Waals surface area contributed by atoms with Crippen LogP contribution in [-0.4, -0.2) is 12.2 Å². The molecule has 0 aromatic carbocycles. The van der Waals surface area contributed by atoms with Crippen LogP contribution in [0.5, 0.6) is 0 Å². The lowest BCUT2D eigenvalue weighted by molar-refractivity contribution is 0.931. The maximum absolute atomic E-state index is 5.55. The number of amidine groups is 1. The van der Waals surface area contributed by atoms with E-state index in [1.807, 2.05) is 25.2 Å². The number of hydrogen-bond donors (Lipinski definition) is 1. The molecule has 0 radical (unpaired) electrons. The van der Waals surface area contributed by atoms with Crippen molar-refractivity contribution in [3.63, 3.8) is 0 Å². The van der Waals surface area contributed by atoms with Crippen molar-refractivity contribution in [3.8, 4) is 12.3 Å². The van der Waals surface area contributed by atoms with Gasteiger partial charge in [-0.15, -0.1) is 6.42 Å². The molecular formula is C19H25N3. The van der Waals surface area contributed by atoms with Crippen LogP contribution in [-0.2, 0) is 0 Å². The van der Waals surface area contributed by atoms with Crippen LogP contribution in [0.15, 0.2) is 56.7 Å². The maximum atomic E-state index is 5.55. The third kappa shape index (κ3) is 5.57. The second-order valence-corrected chi connectivity index (χ2v) is 5.14. The summed E-state index contributed by atoms with van der Waals surface area (Å²) in [5, 5.41) is 0. The zero-order valence-corrected chi connectivity index (χ0v) is 13.8. The Morgan fingerprint density at radius 2 is 2.32 bits per heavy atom. The normalized spacial score (nSPS) is 16.7. The highest BCUT2D eigenvalue weighted by Gasteiger charge is 2.10. The SMILES string of the molecule is C#C/C(=C\C=C/C)CCC1=CC(CC)=C(C)CC(N=CN)=N1. The quantitative estimate of drug-likeness (QED) is 0.349. The van der Waals surface area contributed by atoms with Crippen LogP contribution < -0.4 is 5.73 Å². The summed E-state index contributed by atoms with van der Waals surface area (Å²) in [6.07, 6.45) is 18.3. The summed E-state index contributed by atoms with van der Waals surface area (Å²) in [5.41, 5.74) is 10.0. The molecule has 22 heavy (non-hydrogen) atoms. The molecule has 1 heterocycles. The maximum Gasteiger partial charge on any atom is 0.134 e. The zero-order valence-electron chi connectivity index (χ0n) is 13.8. The van der Waals surface area contributed by atoms with Crippen molar-refractivity contribution in [3.05, 3.63) is 46.7 Å².